The Balaban J connectivity index is 1.71. The van der Waals surface area contributed by atoms with Crippen LogP contribution in [0.15, 0.2) is 88.5 Å². The second kappa shape index (κ2) is 9.92. The molecule has 0 aliphatic heterocycles. The third kappa shape index (κ3) is 5.03. The van der Waals surface area contributed by atoms with E-state index in [0.29, 0.717) is 18.7 Å². The summed E-state index contributed by atoms with van der Waals surface area (Å²) in [5.41, 5.74) is 3.67. The molecule has 0 atom stereocenters. The lowest BCUT2D eigenvalue weighted by Crippen LogP contribution is -2.32. The highest BCUT2D eigenvalue weighted by Gasteiger charge is 2.20. The van der Waals surface area contributed by atoms with Crippen molar-refractivity contribution in [2.45, 2.75) is 32.9 Å². The number of benzene rings is 1. The molecule has 0 radical (unpaired) electrons. The van der Waals surface area contributed by atoms with Gasteiger partial charge in [0, 0.05) is 36.4 Å². The number of pyridine rings is 2. The maximum absolute atomic E-state index is 13.1. The second-order valence-corrected chi connectivity index (χ2v) is 7.66. The molecule has 0 saturated heterocycles. The average molecular weight is 428 g/mol. The molecule has 3 heterocycles. The van der Waals surface area contributed by atoms with Crippen molar-refractivity contribution in [3.05, 3.63) is 123 Å². The number of nitrogens with zero attached hydrogens (tertiary/aromatic N) is 2. The van der Waals surface area contributed by atoms with Crippen molar-refractivity contribution in [3.8, 4) is 0 Å². The van der Waals surface area contributed by atoms with E-state index >= 15 is 0 Å². The minimum atomic E-state index is -0.391. The summed E-state index contributed by atoms with van der Waals surface area (Å²) < 4.78 is 7.36. The highest BCUT2D eigenvalue weighted by atomic mass is 16.3. The lowest BCUT2D eigenvalue weighted by molar-refractivity contribution is 0.0945. The Kier molecular flexibility index (Phi) is 6.60. The SMILES string of the molecule is Cc1cc(=O)c(C(=O)NCc2ccco2)c(CCc2ccccc2)n1Cc1ccncc1. The van der Waals surface area contributed by atoms with Crippen molar-refractivity contribution >= 4 is 5.91 Å². The summed E-state index contributed by atoms with van der Waals surface area (Å²) in [6.07, 6.45) is 6.33. The third-order valence-corrected chi connectivity index (χ3v) is 5.44. The number of carbonyl (C=O) groups excluding carboxylic acids is 1. The normalized spacial score (nSPS) is 10.8. The van der Waals surface area contributed by atoms with E-state index in [9.17, 15) is 9.59 Å². The van der Waals surface area contributed by atoms with Crippen LogP contribution < -0.4 is 10.7 Å². The van der Waals surface area contributed by atoms with Crippen LogP contribution in [0.5, 0.6) is 0 Å². The van der Waals surface area contributed by atoms with Gasteiger partial charge >= 0.3 is 0 Å². The minimum Gasteiger partial charge on any atom is -0.467 e. The summed E-state index contributed by atoms with van der Waals surface area (Å²) in [6.45, 7) is 2.68. The van der Waals surface area contributed by atoms with E-state index in [4.69, 9.17) is 4.42 Å². The molecule has 0 unspecified atom stereocenters. The van der Waals surface area contributed by atoms with Crippen LogP contribution >= 0.6 is 0 Å². The zero-order valence-electron chi connectivity index (χ0n) is 18.0. The van der Waals surface area contributed by atoms with Gasteiger partial charge in [-0.1, -0.05) is 30.3 Å². The van der Waals surface area contributed by atoms with Gasteiger partial charge in [0.05, 0.1) is 12.8 Å². The summed E-state index contributed by atoms with van der Waals surface area (Å²) in [6, 6.07) is 19.0. The van der Waals surface area contributed by atoms with Gasteiger partial charge in [0.1, 0.15) is 11.3 Å². The van der Waals surface area contributed by atoms with Gasteiger partial charge in [-0.05, 0) is 55.2 Å². The van der Waals surface area contributed by atoms with Crippen molar-refractivity contribution in [1.82, 2.24) is 14.9 Å². The summed E-state index contributed by atoms with van der Waals surface area (Å²) in [7, 11) is 0. The Bertz CT molecular complexity index is 1230. The van der Waals surface area contributed by atoms with E-state index in [1.54, 1.807) is 30.8 Å². The lowest BCUT2D eigenvalue weighted by Gasteiger charge is -2.20. The van der Waals surface area contributed by atoms with Gasteiger partial charge in [0.25, 0.3) is 5.91 Å². The van der Waals surface area contributed by atoms with Gasteiger partial charge in [-0.15, -0.1) is 0 Å². The first-order valence-corrected chi connectivity index (χ1v) is 10.6. The van der Waals surface area contributed by atoms with E-state index in [0.717, 1.165) is 28.9 Å². The van der Waals surface area contributed by atoms with Crippen LogP contribution in [-0.2, 0) is 25.9 Å². The first-order chi connectivity index (χ1) is 15.6. The molecule has 1 N–H and O–H groups in total. The Morgan fingerprint density at radius 2 is 1.78 bits per heavy atom. The number of rotatable bonds is 8. The molecule has 1 amide bonds. The Morgan fingerprint density at radius 1 is 1.00 bits per heavy atom. The van der Waals surface area contributed by atoms with Crippen molar-refractivity contribution in [1.29, 1.82) is 0 Å². The molecule has 0 aliphatic carbocycles. The first-order valence-electron chi connectivity index (χ1n) is 10.6. The Hall–Kier alpha value is -3.93. The van der Waals surface area contributed by atoms with Gasteiger partial charge in [-0.2, -0.15) is 0 Å². The monoisotopic (exact) mass is 427 g/mol. The highest BCUT2D eigenvalue weighted by Crippen LogP contribution is 2.16. The number of hydrogen-bond donors (Lipinski definition) is 1. The zero-order valence-corrected chi connectivity index (χ0v) is 18.0. The quantitative estimate of drug-likeness (QED) is 0.463. The average Bonchev–Trinajstić information content (AvgIpc) is 3.33. The van der Waals surface area contributed by atoms with Crippen LogP contribution in [0.1, 0.15) is 38.6 Å². The molecule has 0 bridgehead atoms. The van der Waals surface area contributed by atoms with Crippen LogP contribution in [0, 0.1) is 6.92 Å². The highest BCUT2D eigenvalue weighted by molar-refractivity contribution is 5.95. The molecule has 6 heteroatoms. The van der Waals surface area contributed by atoms with E-state index in [1.807, 2.05) is 37.3 Å². The van der Waals surface area contributed by atoms with Gasteiger partial charge in [-0.3, -0.25) is 14.6 Å². The van der Waals surface area contributed by atoms with Crippen LogP contribution in [0.2, 0.25) is 0 Å². The van der Waals surface area contributed by atoms with Crippen LogP contribution in [-0.4, -0.2) is 15.5 Å². The maximum atomic E-state index is 13.1. The molecule has 0 spiro atoms. The molecule has 0 saturated carbocycles. The van der Waals surface area contributed by atoms with Crippen LogP contribution in [0.4, 0.5) is 0 Å². The van der Waals surface area contributed by atoms with Gasteiger partial charge in [0.15, 0.2) is 5.43 Å². The van der Waals surface area contributed by atoms with Crippen LogP contribution in [0.3, 0.4) is 0 Å². The zero-order chi connectivity index (χ0) is 22.3. The van der Waals surface area contributed by atoms with Crippen LogP contribution in [0.25, 0.3) is 0 Å². The molecule has 0 fully saturated rings. The number of furan rings is 1. The number of hydrogen-bond acceptors (Lipinski definition) is 4. The fourth-order valence-electron chi connectivity index (χ4n) is 3.80. The fourth-order valence-corrected chi connectivity index (χ4v) is 3.80. The standard InChI is InChI=1S/C26H25N3O3/c1-19-16-24(30)25(26(31)28-17-22-8-5-15-32-22)23(10-9-20-6-3-2-4-7-20)29(19)18-21-11-13-27-14-12-21/h2-8,11-16H,9-10,17-18H2,1H3,(H,28,31). The summed E-state index contributed by atoms with van der Waals surface area (Å²) in [4.78, 5) is 30.2. The van der Waals surface area contributed by atoms with E-state index in [1.165, 1.54) is 6.07 Å². The van der Waals surface area contributed by atoms with E-state index in [2.05, 4.69) is 27.0 Å². The molecule has 6 nitrogen and oxygen atoms in total. The molecular formula is C26H25N3O3. The molecule has 0 aliphatic rings. The van der Waals surface area contributed by atoms with Crippen molar-refractivity contribution < 1.29 is 9.21 Å². The van der Waals surface area contributed by atoms with E-state index < -0.39 is 5.91 Å². The topological polar surface area (TPSA) is 77.1 Å². The fraction of sp³-hybridized carbons (Fsp3) is 0.192. The third-order valence-electron chi connectivity index (χ3n) is 5.44. The van der Waals surface area contributed by atoms with Crippen molar-refractivity contribution in [2.24, 2.45) is 0 Å². The largest absolute Gasteiger partial charge is 0.467 e. The number of aryl methyl sites for hydroxylation is 2. The van der Waals surface area contributed by atoms with Gasteiger partial charge in [0.2, 0.25) is 0 Å². The van der Waals surface area contributed by atoms with E-state index in [-0.39, 0.29) is 17.5 Å². The summed E-state index contributed by atoms with van der Waals surface area (Å²) in [5.74, 6) is 0.242. The van der Waals surface area contributed by atoms with Crippen molar-refractivity contribution in [3.63, 3.8) is 0 Å². The second-order valence-electron chi connectivity index (χ2n) is 7.66. The maximum Gasteiger partial charge on any atom is 0.257 e. The molecule has 4 rings (SSSR count). The summed E-state index contributed by atoms with van der Waals surface area (Å²) >= 11 is 0. The van der Waals surface area contributed by atoms with Crippen molar-refractivity contribution in [2.75, 3.05) is 0 Å². The minimum absolute atomic E-state index is 0.187. The first kappa shape index (κ1) is 21.3. The van der Waals surface area contributed by atoms with Gasteiger partial charge in [-0.25, -0.2) is 0 Å². The molecule has 4 aromatic rings. The summed E-state index contributed by atoms with van der Waals surface area (Å²) in [5, 5.41) is 2.84. The number of nitrogens with one attached hydrogen (secondary N) is 1. The molecule has 1 aromatic carbocycles. The molecule has 32 heavy (non-hydrogen) atoms. The molecular weight excluding hydrogens is 402 g/mol. The Morgan fingerprint density at radius 3 is 2.50 bits per heavy atom. The number of amides is 1. The van der Waals surface area contributed by atoms with Gasteiger partial charge < -0.3 is 14.3 Å². The molecule has 162 valence electrons. The Labute approximate surface area is 186 Å². The lowest BCUT2D eigenvalue weighted by atomic mass is 10.0. The molecule has 3 aromatic heterocycles. The number of carbonyl (C=O) groups is 1. The predicted octanol–water partition coefficient (Wildman–Crippen LogP) is 3.91. The predicted molar refractivity (Wildman–Crippen MR) is 123 cm³/mol. The smallest absolute Gasteiger partial charge is 0.257 e. The number of aromatic nitrogens is 2.